The van der Waals surface area contributed by atoms with E-state index in [2.05, 4.69) is 13.8 Å². The van der Waals surface area contributed by atoms with Crippen molar-refractivity contribution in [1.82, 2.24) is 0 Å². The summed E-state index contributed by atoms with van der Waals surface area (Å²) in [6.07, 6.45) is 0. The van der Waals surface area contributed by atoms with E-state index in [0.717, 1.165) is 6.61 Å². The molecule has 0 aromatic carbocycles. The number of nitriles is 1. The van der Waals surface area contributed by atoms with Gasteiger partial charge in [0.25, 0.3) is 0 Å². The van der Waals surface area contributed by atoms with Crippen molar-refractivity contribution < 1.29 is 9.47 Å². The van der Waals surface area contributed by atoms with Crippen molar-refractivity contribution >= 4 is 0 Å². The molecule has 0 aromatic heterocycles. The number of ether oxygens (including phenoxy) is 2. The molecule has 0 spiro atoms. The molecule has 11 heavy (non-hydrogen) atoms. The van der Waals surface area contributed by atoms with Crippen LogP contribution in [0.15, 0.2) is 0 Å². The first-order valence-corrected chi connectivity index (χ1v) is 3.79. The molecule has 0 aromatic rings. The Labute approximate surface area is 67.9 Å². The zero-order valence-corrected chi connectivity index (χ0v) is 7.17. The predicted molar refractivity (Wildman–Crippen MR) is 42.1 cm³/mol. The molecule has 0 amide bonds. The first-order chi connectivity index (χ1) is 5.27. The number of nitrogens with zero attached hydrogens (tertiary/aromatic N) is 1. The molecule has 0 saturated heterocycles. The molecule has 0 unspecified atom stereocenters. The smallest absolute Gasteiger partial charge is 0.133 e. The molecule has 0 radical (unpaired) electrons. The summed E-state index contributed by atoms with van der Waals surface area (Å²) in [6.45, 7) is 6.20. The maximum atomic E-state index is 8.10. The molecule has 0 aliphatic carbocycles. The highest BCUT2D eigenvalue weighted by Gasteiger charge is 1.92. The molecule has 0 aliphatic heterocycles. The van der Waals surface area contributed by atoms with E-state index in [1.165, 1.54) is 0 Å². The van der Waals surface area contributed by atoms with Gasteiger partial charge in [-0.3, -0.25) is 0 Å². The summed E-state index contributed by atoms with van der Waals surface area (Å²) in [5.41, 5.74) is 0. The molecule has 3 heteroatoms. The fourth-order valence-corrected chi connectivity index (χ4v) is 0.555. The van der Waals surface area contributed by atoms with Crippen molar-refractivity contribution in [3.8, 4) is 6.07 Å². The van der Waals surface area contributed by atoms with Crippen molar-refractivity contribution in [3.05, 3.63) is 0 Å². The Balaban J connectivity index is 2.86. The van der Waals surface area contributed by atoms with E-state index < -0.39 is 0 Å². The fourth-order valence-electron chi connectivity index (χ4n) is 0.555. The maximum absolute atomic E-state index is 8.10. The zero-order chi connectivity index (χ0) is 8.53. The topological polar surface area (TPSA) is 42.2 Å². The molecule has 0 saturated carbocycles. The Morgan fingerprint density at radius 3 is 2.45 bits per heavy atom. The lowest BCUT2D eigenvalue weighted by atomic mass is 10.2. The molecular formula is C8H15NO2. The summed E-state index contributed by atoms with van der Waals surface area (Å²) in [7, 11) is 0. The van der Waals surface area contributed by atoms with E-state index in [1.807, 2.05) is 6.07 Å². The third kappa shape index (κ3) is 9.41. The second kappa shape index (κ2) is 7.52. The standard InChI is InChI=1S/C8H15NO2/c1-8(2)7-11-6-5-10-4-3-9/h8H,4-7H2,1-2H3. The van der Waals surface area contributed by atoms with Gasteiger partial charge in [-0.05, 0) is 5.92 Å². The highest BCUT2D eigenvalue weighted by Crippen LogP contribution is 1.91. The van der Waals surface area contributed by atoms with E-state index >= 15 is 0 Å². The summed E-state index contributed by atoms with van der Waals surface area (Å²) in [4.78, 5) is 0. The van der Waals surface area contributed by atoms with E-state index in [4.69, 9.17) is 14.7 Å². The lowest BCUT2D eigenvalue weighted by Gasteiger charge is -2.05. The van der Waals surface area contributed by atoms with Crippen LogP contribution in [0.4, 0.5) is 0 Å². The van der Waals surface area contributed by atoms with Crippen molar-refractivity contribution in [2.24, 2.45) is 5.92 Å². The van der Waals surface area contributed by atoms with E-state index in [9.17, 15) is 0 Å². The van der Waals surface area contributed by atoms with Crippen LogP contribution in [0.25, 0.3) is 0 Å². The minimum absolute atomic E-state index is 0.158. The Kier molecular flexibility index (Phi) is 7.11. The van der Waals surface area contributed by atoms with Crippen LogP contribution in [0.2, 0.25) is 0 Å². The first kappa shape index (κ1) is 10.4. The Bertz CT molecular complexity index is 118. The number of rotatable bonds is 6. The van der Waals surface area contributed by atoms with Gasteiger partial charge >= 0.3 is 0 Å². The van der Waals surface area contributed by atoms with Crippen LogP contribution in [0.5, 0.6) is 0 Å². The maximum Gasteiger partial charge on any atom is 0.133 e. The van der Waals surface area contributed by atoms with Gasteiger partial charge in [-0.15, -0.1) is 0 Å². The second-order valence-electron chi connectivity index (χ2n) is 2.68. The summed E-state index contributed by atoms with van der Waals surface area (Å²) in [5, 5.41) is 8.10. The summed E-state index contributed by atoms with van der Waals surface area (Å²) in [5.74, 6) is 0.561. The van der Waals surface area contributed by atoms with Crippen LogP contribution in [-0.2, 0) is 9.47 Å². The molecule has 3 nitrogen and oxygen atoms in total. The third-order valence-corrected chi connectivity index (χ3v) is 0.990. The van der Waals surface area contributed by atoms with Crippen molar-refractivity contribution in [2.75, 3.05) is 26.4 Å². The average Bonchev–Trinajstić information content (AvgIpc) is 1.96. The van der Waals surface area contributed by atoms with Crippen LogP contribution in [-0.4, -0.2) is 26.4 Å². The van der Waals surface area contributed by atoms with Gasteiger partial charge in [0.15, 0.2) is 0 Å². The largest absolute Gasteiger partial charge is 0.379 e. The van der Waals surface area contributed by atoms with Gasteiger partial charge in [-0.2, -0.15) is 5.26 Å². The van der Waals surface area contributed by atoms with E-state index in [0.29, 0.717) is 19.1 Å². The highest BCUT2D eigenvalue weighted by atomic mass is 16.5. The van der Waals surface area contributed by atoms with Crippen molar-refractivity contribution in [2.45, 2.75) is 13.8 Å². The highest BCUT2D eigenvalue weighted by molar-refractivity contribution is 4.65. The quantitative estimate of drug-likeness (QED) is 0.544. The van der Waals surface area contributed by atoms with Crippen LogP contribution in [0, 0.1) is 17.2 Å². The third-order valence-electron chi connectivity index (χ3n) is 0.990. The lowest BCUT2D eigenvalue weighted by molar-refractivity contribution is 0.0480. The first-order valence-electron chi connectivity index (χ1n) is 3.79. The van der Waals surface area contributed by atoms with Gasteiger partial charge in [-0.25, -0.2) is 0 Å². The normalized spacial score (nSPS) is 10.0. The number of hydrogen-bond acceptors (Lipinski definition) is 3. The van der Waals surface area contributed by atoms with Gasteiger partial charge in [0.05, 0.1) is 19.3 Å². The minimum Gasteiger partial charge on any atom is -0.379 e. The summed E-state index contributed by atoms with van der Waals surface area (Å²) >= 11 is 0. The van der Waals surface area contributed by atoms with Crippen LogP contribution >= 0.6 is 0 Å². The second-order valence-corrected chi connectivity index (χ2v) is 2.68. The van der Waals surface area contributed by atoms with Gasteiger partial charge in [0.2, 0.25) is 0 Å². The molecule has 0 heterocycles. The van der Waals surface area contributed by atoms with Crippen molar-refractivity contribution in [3.63, 3.8) is 0 Å². The van der Waals surface area contributed by atoms with Crippen molar-refractivity contribution in [1.29, 1.82) is 5.26 Å². The van der Waals surface area contributed by atoms with Gasteiger partial charge < -0.3 is 9.47 Å². The fraction of sp³-hybridized carbons (Fsp3) is 0.875. The molecule has 0 atom stereocenters. The Morgan fingerprint density at radius 1 is 1.27 bits per heavy atom. The Hall–Kier alpha value is -0.590. The zero-order valence-electron chi connectivity index (χ0n) is 7.17. The molecule has 64 valence electrons. The van der Waals surface area contributed by atoms with Gasteiger partial charge in [-0.1, -0.05) is 13.8 Å². The van der Waals surface area contributed by atoms with Gasteiger partial charge in [0.1, 0.15) is 6.61 Å². The monoisotopic (exact) mass is 157 g/mol. The average molecular weight is 157 g/mol. The summed E-state index contributed by atoms with van der Waals surface area (Å²) in [6, 6.07) is 1.89. The molecule has 0 aliphatic rings. The molecule has 0 rings (SSSR count). The molecule has 0 bridgehead atoms. The van der Waals surface area contributed by atoms with Crippen LogP contribution < -0.4 is 0 Å². The van der Waals surface area contributed by atoms with Crippen LogP contribution in [0.1, 0.15) is 13.8 Å². The Morgan fingerprint density at radius 2 is 1.91 bits per heavy atom. The molecular weight excluding hydrogens is 142 g/mol. The van der Waals surface area contributed by atoms with E-state index in [1.54, 1.807) is 0 Å². The summed E-state index contributed by atoms with van der Waals surface area (Å²) < 4.78 is 10.1. The minimum atomic E-state index is 0.158. The van der Waals surface area contributed by atoms with Crippen LogP contribution in [0.3, 0.4) is 0 Å². The molecule has 0 fully saturated rings. The van der Waals surface area contributed by atoms with E-state index in [-0.39, 0.29) is 6.61 Å². The lowest BCUT2D eigenvalue weighted by Crippen LogP contribution is -2.08. The predicted octanol–water partition coefficient (Wildman–Crippen LogP) is 1.20. The number of hydrogen-bond donors (Lipinski definition) is 0. The molecule has 0 N–H and O–H groups in total. The SMILES string of the molecule is CC(C)COCCOCC#N. The van der Waals surface area contributed by atoms with Gasteiger partial charge in [0, 0.05) is 6.61 Å².